The Morgan fingerprint density at radius 2 is 1.97 bits per heavy atom. The second-order valence-electron chi connectivity index (χ2n) is 7.80. The molecule has 2 aromatic heterocycles. The van der Waals surface area contributed by atoms with Crippen molar-refractivity contribution in [3.63, 3.8) is 0 Å². The summed E-state index contributed by atoms with van der Waals surface area (Å²) < 4.78 is 7.74. The average Bonchev–Trinajstić information content (AvgIpc) is 3.40. The molecule has 0 unspecified atom stereocenters. The Kier molecular flexibility index (Phi) is 5.55. The van der Waals surface area contributed by atoms with Gasteiger partial charge in [0.15, 0.2) is 6.10 Å². The Balaban J connectivity index is 1.49. The lowest BCUT2D eigenvalue weighted by molar-refractivity contribution is -0.127. The number of carbonyl (C=O) groups excluding carboxylic acids is 2. The fourth-order valence-electron chi connectivity index (χ4n) is 3.95. The number of thiophene rings is 1. The van der Waals surface area contributed by atoms with Crippen LogP contribution in [0.15, 0.2) is 54.6 Å². The maximum atomic E-state index is 13.6. The number of nitrogens with one attached hydrogen (secondary N) is 1. The standard InChI is InChI=1S/C24H21ClN4O3S/c1-14-17-11-21(33-24(17)29(27-14)12-15-7-9-16(25)10-8-15)23(31)28-13-20(22(30)26-2)32-19-6-4-3-5-18(19)28/h3-11,20H,12-13H2,1-2H3,(H,26,30)/t20-/m1/s1. The molecule has 3 heterocycles. The second kappa shape index (κ2) is 8.53. The first-order chi connectivity index (χ1) is 15.9. The van der Waals surface area contributed by atoms with Gasteiger partial charge in [-0.15, -0.1) is 11.3 Å². The van der Waals surface area contributed by atoms with Crippen LogP contribution in [-0.2, 0) is 11.3 Å². The van der Waals surface area contributed by atoms with E-state index in [0.717, 1.165) is 21.5 Å². The number of amides is 2. The van der Waals surface area contributed by atoms with E-state index < -0.39 is 6.10 Å². The third-order valence-corrected chi connectivity index (χ3v) is 7.01. The number of ether oxygens (including phenoxy) is 1. The Labute approximate surface area is 199 Å². The van der Waals surface area contributed by atoms with E-state index in [9.17, 15) is 9.59 Å². The average molecular weight is 481 g/mol. The maximum absolute atomic E-state index is 13.6. The van der Waals surface area contributed by atoms with Crippen LogP contribution in [-0.4, -0.2) is 41.3 Å². The lowest BCUT2D eigenvalue weighted by Crippen LogP contribution is -2.50. The second-order valence-corrected chi connectivity index (χ2v) is 9.27. The van der Waals surface area contributed by atoms with Gasteiger partial charge in [0.2, 0.25) is 0 Å². The molecule has 9 heteroatoms. The predicted molar refractivity (Wildman–Crippen MR) is 130 cm³/mol. The summed E-state index contributed by atoms with van der Waals surface area (Å²) in [4.78, 5) is 29.0. The van der Waals surface area contributed by atoms with Gasteiger partial charge in [-0.3, -0.25) is 19.2 Å². The van der Waals surface area contributed by atoms with Crippen molar-refractivity contribution in [2.45, 2.75) is 19.6 Å². The number of rotatable bonds is 4. The van der Waals surface area contributed by atoms with Gasteiger partial charge in [0.1, 0.15) is 10.6 Å². The number of carbonyl (C=O) groups is 2. The Hall–Kier alpha value is -3.36. The predicted octanol–water partition coefficient (Wildman–Crippen LogP) is 4.26. The van der Waals surface area contributed by atoms with Gasteiger partial charge in [0, 0.05) is 17.5 Å². The minimum Gasteiger partial charge on any atom is -0.477 e. The van der Waals surface area contributed by atoms with E-state index in [2.05, 4.69) is 10.4 Å². The van der Waals surface area contributed by atoms with Crippen molar-refractivity contribution in [2.24, 2.45) is 0 Å². The SMILES string of the molecule is CNC(=O)[C@H]1CN(C(=O)c2cc3c(C)nn(Cc4ccc(Cl)cc4)c3s2)c2ccccc2O1. The van der Waals surface area contributed by atoms with Gasteiger partial charge >= 0.3 is 0 Å². The van der Waals surface area contributed by atoms with Crippen molar-refractivity contribution in [1.82, 2.24) is 15.1 Å². The van der Waals surface area contributed by atoms with Crippen LogP contribution >= 0.6 is 22.9 Å². The van der Waals surface area contributed by atoms with Crippen molar-refractivity contribution >= 4 is 50.7 Å². The number of hydrogen-bond acceptors (Lipinski definition) is 5. The molecule has 1 aliphatic rings. The van der Waals surface area contributed by atoms with Gasteiger partial charge in [-0.05, 0) is 42.8 Å². The monoisotopic (exact) mass is 480 g/mol. The van der Waals surface area contributed by atoms with Crippen molar-refractivity contribution in [3.8, 4) is 5.75 Å². The number of aryl methyl sites for hydroxylation is 1. The van der Waals surface area contributed by atoms with Crippen LogP contribution in [0.2, 0.25) is 5.02 Å². The summed E-state index contributed by atoms with van der Waals surface area (Å²) in [6.07, 6.45) is -0.773. The zero-order chi connectivity index (χ0) is 23.1. The summed E-state index contributed by atoms with van der Waals surface area (Å²) in [5.74, 6) is 0.0725. The number of nitrogens with zero attached hydrogens (tertiary/aromatic N) is 3. The minimum absolute atomic E-state index is 0.139. The lowest BCUT2D eigenvalue weighted by atomic mass is 10.1. The summed E-state index contributed by atoms with van der Waals surface area (Å²) >= 11 is 7.41. The minimum atomic E-state index is -0.773. The van der Waals surface area contributed by atoms with Crippen LogP contribution in [0.25, 0.3) is 10.2 Å². The smallest absolute Gasteiger partial charge is 0.268 e. The topological polar surface area (TPSA) is 76.5 Å². The van der Waals surface area contributed by atoms with Gasteiger partial charge in [0.05, 0.1) is 29.3 Å². The van der Waals surface area contributed by atoms with Gasteiger partial charge in [-0.25, -0.2) is 0 Å². The largest absolute Gasteiger partial charge is 0.477 e. The van der Waals surface area contributed by atoms with Crippen molar-refractivity contribution < 1.29 is 14.3 Å². The molecule has 0 bridgehead atoms. The molecule has 5 rings (SSSR count). The third kappa shape index (κ3) is 3.96. The van der Waals surface area contributed by atoms with Gasteiger partial charge in [-0.1, -0.05) is 35.9 Å². The lowest BCUT2D eigenvalue weighted by Gasteiger charge is -2.33. The van der Waals surface area contributed by atoms with Gasteiger partial charge in [-0.2, -0.15) is 5.10 Å². The zero-order valence-electron chi connectivity index (χ0n) is 18.0. The Morgan fingerprint density at radius 1 is 1.21 bits per heavy atom. The third-order valence-electron chi connectivity index (χ3n) is 5.62. The molecule has 0 spiro atoms. The molecule has 0 aliphatic carbocycles. The van der Waals surface area contributed by atoms with E-state index in [4.69, 9.17) is 16.3 Å². The van der Waals surface area contributed by atoms with Gasteiger partial charge in [0.25, 0.3) is 11.8 Å². The summed E-state index contributed by atoms with van der Waals surface area (Å²) in [6, 6.07) is 16.8. The normalized spacial score (nSPS) is 15.2. The number of aromatic nitrogens is 2. The number of anilines is 1. The number of para-hydroxylation sites is 2. The summed E-state index contributed by atoms with van der Waals surface area (Å²) in [6.45, 7) is 2.65. The molecule has 0 fully saturated rings. The number of hydrogen-bond donors (Lipinski definition) is 1. The molecule has 0 saturated carbocycles. The molecule has 1 aliphatic heterocycles. The van der Waals surface area contributed by atoms with E-state index in [1.165, 1.54) is 11.3 Å². The first-order valence-electron chi connectivity index (χ1n) is 10.4. The summed E-state index contributed by atoms with van der Waals surface area (Å²) in [7, 11) is 1.56. The fraction of sp³-hybridized carbons (Fsp3) is 0.208. The highest BCUT2D eigenvalue weighted by atomic mass is 35.5. The number of likely N-dealkylation sites (N-methyl/N-ethyl adjacent to an activating group) is 1. The molecule has 0 saturated heterocycles. The summed E-state index contributed by atoms with van der Waals surface area (Å²) in [5.41, 5.74) is 2.58. The molecule has 1 atom stereocenters. The highest BCUT2D eigenvalue weighted by Crippen LogP contribution is 2.36. The van der Waals surface area contributed by atoms with Crippen LogP contribution in [0.1, 0.15) is 20.9 Å². The number of fused-ring (bicyclic) bond motifs is 2. The van der Waals surface area contributed by atoms with Gasteiger partial charge < -0.3 is 10.1 Å². The molecule has 2 aromatic carbocycles. The molecule has 1 N–H and O–H groups in total. The maximum Gasteiger partial charge on any atom is 0.268 e. The van der Waals surface area contributed by atoms with Crippen LogP contribution < -0.4 is 15.0 Å². The first kappa shape index (κ1) is 21.5. The molecule has 33 heavy (non-hydrogen) atoms. The van der Waals surface area contributed by atoms with Crippen LogP contribution in [0.3, 0.4) is 0 Å². The van der Waals surface area contributed by atoms with Crippen LogP contribution in [0, 0.1) is 6.92 Å². The van der Waals surface area contributed by atoms with Crippen molar-refractivity contribution in [3.05, 3.63) is 75.8 Å². The quantitative estimate of drug-likeness (QED) is 0.473. The number of halogens is 1. The van der Waals surface area contributed by atoms with Crippen LogP contribution in [0.5, 0.6) is 5.75 Å². The molecular weight excluding hydrogens is 460 g/mol. The summed E-state index contributed by atoms with van der Waals surface area (Å²) in [5, 5.41) is 8.90. The van der Waals surface area contributed by atoms with E-state index in [1.54, 1.807) is 18.0 Å². The van der Waals surface area contributed by atoms with Crippen molar-refractivity contribution in [1.29, 1.82) is 0 Å². The van der Waals surface area contributed by atoms with E-state index in [0.29, 0.717) is 27.9 Å². The highest BCUT2D eigenvalue weighted by molar-refractivity contribution is 7.20. The zero-order valence-corrected chi connectivity index (χ0v) is 19.6. The van der Waals surface area contributed by atoms with Crippen molar-refractivity contribution in [2.75, 3.05) is 18.5 Å². The highest BCUT2D eigenvalue weighted by Gasteiger charge is 2.34. The van der Waals surface area contributed by atoms with E-state index in [-0.39, 0.29) is 18.4 Å². The molecule has 0 radical (unpaired) electrons. The van der Waals surface area contributed by atoms with E-state index in [1.807, 2.05) is 60.1 Å². The first-order valence-corrected chi connectivity index (χ1v) is 11.6. The van der Waals surface area contributed by atoms with E-state index >= 15 is 0 Å². The number of benzene rings is 2. The Morgan fingerprint density at radius 3 is 2.73 bits per heavy atom. The molecular formula is C24H21ClN4O3S. The molecule has 2 amide bonds. The molecule has 168 valence electrons. The fourth-order valence-corrected chi connectivity index (χ4v) is 5.18. The molecule has 7 nitrogen and oxygen atoms in total. The molecule has 4 aromatic rings. The van der Waals surface area contributed by atoms with Crippen LogP contribution in [0.4, 0.5) is 5.69 Å². The Bertz CT molecular complexity index is 1360.